The number of amides is 1. The van der Waals surface area contributed by atoms with Gasteiger partial charge in [0.15, 0.2) is 5.82 Å². The lowest BCUT2D eigenvalue weighted by atomic mass is 10.0. The van der Waals surface area contributed by atoms with Crippen LogP contribution in [-0.4, -0.2) is 26.4 Å². The van der Waals surface area contributed by atoms with Crippen molar-refractivity contribution in [2.75, 3.05) is 5.32 Å². The third kappa shape index (κ3) is 2.74. The second-order valence-electron chi connectivity index (χ2n) is 5.75. The van der Waals surface area contributed by atoms with Gasteiger partial charge in [-0.15, -0.1) is 5.10 Å². The highest BCUT2D eigenvalue weighted by Gasteiger charge is 2.39. The number of nitrogens with one attached hydrogen (secondary N) is 1. The number of aryl methyl sites for hydroxylation is 1. The summed E-state index contributed by atoms with van der Waals surface area (Å²) in [6.07, 6.45) is 2.67. The highest BCUT2D eigenvalue weighted by molar-refractivity contribution is 5.96. The minimum absolute atomic E-state index is 0.314. The number of carbonyl (C=O) groups excluding carboxylic acids is 1. The predicted molar refractivity (Wildman–Crippen MR) is 80.3 cm³/mol. The first-order valence-corrected chi connectivity index (χ1v) is 7.34. The first-order chi connectivity index (χ1) is 10.5. The van der Waals surface area contributed by atoms with Gasteiger partial charge < -0.3 is 10.4 Å². The molecule has 5 nitrogen and oxygen atoms in total. The van der Waals surface area contributed by atoms with Crippen LogP contribution in [0.2, 0.25) is 0 Å². The Morgan fingerprint density at radius 1 is 1.32 bits per heavy atom. The van der Waals surface area contributed by atoms with Crippen LogP contribution in [0.15, 0.2) is 30.3 Å². The van der Waals surface area contributed by atoms with E-state index in [-0.39, 0.29) is 5.82 Å². The molecular formula is C16H18FN3O2. The van der Waals surface area contributed by atoms with Crippen LogP contribution in [-0.2, 0) is 4.79 Å². The second-order valence-corrected chi connectivity index (χ2v) is 5.75. The summed E-state index contributed by atoms with van der Waals surface area (Å²) < 4.78 is 14.6. The number of hydrogen-bond donors (Lipinski definition) is 2. The third-order valence-corrected chi connectivity index (χ3v) is 4.05. The van der Waals surface area contributed by atoms with Gasteiger partial charge in [0, 0.05) is 11.8 Å². The number of halogens is 1. The van der Waals surface area contributed by atoms with Crippen molar-refractivity contribution in [2.45, 2.75) is 38.2 Å². The summed E-state index contributed by atoms with van der Waals surface area (Å²) in [6, 6.07) is 7.67. The molecule has 1 aliphatic rings. The largest absolute Gasteiger partial charge is 0.380 e. The zero-order chi connectivity index (χ0) is 15.7. The molecule has 1 aliphatic carbocycles. The molecule has 6 heteroatoms. The van der Waals surface area contributed by atoms with Crippen molar-refractivity contribution >= 4 is 11.7 Å². The first-order valence-electron chi connectivity index (χ1n) is 7.34. The molecule has 2 aromatic rings. The lowest BCUT2D eigenvalue weighted by molar-refractivity contribution is -0.133. The Kier molecular flexibility index (Phi) is 3.70. The van der Waals surface area contributed by atoms with Crippen molar-refractivity contribution in [1.82, 2.24) is 9.78 Å². The fourth-order valence-corrected chi connectivity index (χ4v) is 2.80. The average molecular weight is 303 g/mol. The Morgan fingerprint density at radius 2 is 1.95 bits per heavy atom. The summed E-state index contributed by atoms with van der Waals surface area (Å²) >= 11 is 0. The van der Waals surface area contributed by atoms with Gasteiger partial charge in [-0.1, -0.05) is 0 Å². The van der Waals surface area contributed by atoms with Gasteiger partial charge in [-0.3, -0.25) is 4.79 Å². The van der Waals surface area contributed by atoms with Crippen LogP contribution in [0.4, 0.5) is 10.2 Å². The van der Waals surface area contributed by atoms with E-state index in [1.165, 1.54) is 12.1 Å². The van der Waals surface area contributed by atoms with E-state index in [1.54, 1.807) is 22.9 Å². The highest BCUT2D eigenvalue weighted by Crippen LogP contribution is 2.30. The number of aromatic nitrogens is 2. The van der Waals surface area contributed by atoms with Crippen molar-refractivity contribution < 1.29 is 14.3 Å². The van der Waals surface area contributed by atoms with Gasteiger partial charge >= 0.3 is 0 Å². The highest BCUT2D eigenvalue weighted by atomic mass is 19.1. The molecule has 1 heterocycles. The monoisotopic (exact) mass is 303 g/mol. The zero-order valence-corrected chi connectivity index (χ0v) is 12.3. The van der Waals surface area contributed by atoms with Crippen LogP contribution in [0.5, 0.6) is 0 Å². The normalized spacial score (nSPS) is 16.7. The van der Waals surface area contributed by atoms with E-state index < -0.39 is 11.5 Å². The summed E-state index contributed by atoms with van der Waals surface area (Å²) in [5, 5.41) is 17.2. The van der Waals surface area contributed by atoms with Gasteiger partial charge in [0.1, 0.15) is 11.4 Å². The fourth-order valence-electron chi connectivity index (χ4n) is 2.80. The maximum atomic E-state index is 13.0. The molecule has 0 spiro atoms. The number of rotatable bonds is 3. The molecule has 1 amide bonds. The van der Waals surface area contributed by atoms with Gasteiger partial charge in [0.2, 0.25) is 0 Å². The molecule has 1 fully saturated rings. The van der Waals surface area contributed by atoms with E-state index in [2.05, 4.69) is 10.4 Å². The standard InChI is InChI=1S/C16H18FN3O2/c1-11-10-14(18-15(21)16(22)8-2-3-9-16)19-20(11)13-6-4-12(17)5-7-13/h4-7,10,22H,2-3,8-9H2,1H3,(H,18,19,21). The molecule has 0 bridgehead atoms. The molecule has 0 aliphatic heterocycles. The minimum Gasteiger partial charge on any atom is -0.380 e. The Morgan fingerprint density at radius 3 is 2.59 bits per heavy atom. The number of aliphatic hydroxyl groups is 1. The third-order valence-electron chi connectivity index (χ3n) is 4.05. The van der Waals surface area contributed by atoms with Gasteiger partial charge in [0.25, 0.3) is 5.91 Å². The van der Waals surface area contributed by atoms with E-state index >= 15 is 0 Å². The van der Waals surface area contributed by atoms with Gasteiger partial charge in [-0.05, 0) is 56.9 Å². The van der Waals surface area contributed by atoms with E-state index in [1.807, 2.05) is 6.92 Å². The van der Waals surface area contributed by atoms with E-state index in [0.29, 0.717) is 24.3 Å². The van der Waals surface area contributed by atoms with Crippen LogP contribution in [0, 0.1) is 12.7 Å². The summed E-state index contributed by atoms with van der Waals surface area (Å²) in [4.78, 5) is 12.2. The second kappa shape index (κ2) is 5.53. The van der Waals surface area contributed by atoms with Crippen molar-refractivity contribution in [2.24, 2.45) is 0 Å². The van der Waals surface area contributed by atoms with E-state index in [0.717, 1.165) is 18.5 Å². The maximum absolute atomic E-state index is 13.0. The van der Waals surface area contributed by atoms with Crippen molar-refractivity contribution in [1.29, 1.82) is 0 Å². The Bertz CT molecular complexity index is 688. The lowest BCUT2D eigenvalue weighted by Crippen LogP contribution is -2.40. The molecule has 2 N–H and O–H groups in total. The van der Waals surface area contributed by atoms with Crippen molar-refractivity contribution in [3.8, 4) is 5.69 Å². The van der Waals surface area contributed by atoms with Crippen LogP contribution in [0.3, 0.4) is 0 Å². The topological polar surface area (TPSA) is 67.2 Å². The van der Waals surface area contributed by atoms with Crippen LogP contribution in [0.25, 0.3) is 5.69 Å². The van der Waals surface area contributed by atoms with Gasteiger partial charge in [0.05, 0.1) is 5.69 Å². The average Bonchev–Trinajstić information content (AvgIpc) is 3.07. The molecule has 0 radical (unpaired) electrons. The van der Waals surface area contributed by atoms with E-state index in [4.69, 9.17) is 0 Å². The molecule has 0 atom stereocenters. The Hall–Kier alpha value is -2.21. The molecule has 22 heavy (non-hydrogen) atoms. The molecule has 1 aromatic carbocycles. The summed E-state index contributed by atoms with van der Waals surface area (Å²) in [6.45, 7) is 1.84. The Balaban J connectivity index is 1.80. The fraction of sp³-hybridized carbons (Fsp3) is 0.375. The smallest absolute Gasteiger partial charge is 0.257 e. The Labute approximate surface area is 127 Å². The number of carbonyl (C=O) groups is 1. The zero-order valence-electron chi connectivity index (χ0n) is 12.3. The van der Waals surface area contributed by atoms with Crippen molar-refractivity contribution in [3.63, 3.8) is 0 Å². The van der Waals surface area contributed by atoms with E-state index in [9.17, 15) is 14.3 Å². The van der Waals surface area contributed by atoms with Crippen LogP contribution < -0.4 is 5.32 Å². The quantitative estimate of drug-likeness (QED) is 0.915. The number of anilines is 1. The molecule has 1 aromatic heterocycles. The number of benzene rings is 1. The summed E-state index contributed by atoms with van der Waals surface area (Å²) in [7, 11) is 0. The van der Waals surface area contributed by atoms with Crippen molar-refractivity contribution in [3.05, 3.63) is 41.8 Å². The molecular weight excluding hydrogens is 285 g/mol. The summed E-state index contributed by atoms with van der Waals surface area (Å²) in [5.41, 5.74) is 0.229. The molecule has 3 rings (SSSR count). The van der Waals surface area contributed by atoms with Crippen LogP contribution >= 0.6 is 0 Å². The maximum Gasteiger partial charge on any atom is 0.257 e. The molecule has 1 saturated carbocycles. The molecule has 0 unspecified atom stereocenters. The van der Waals surface area contributed by atoms with Crippen LogP contribution in [0.1, 0.15) is 31.4 Å². The number of hydrogen-bond acceptors (Lipinski definition) is 3. The van der Waals surface area contributed by atoms with Gasteiger partial charge in [-0.25, -0.2) is 9.07 Å². The molecule has 116 valence electrons. The first kappa shape index (κ1) is 14.7. The number of nitrogens with zero attached hydrogens (tertiary/aromatic N) is 2. The molecule has 0 saturated heterocycles. The predicted octanol–water partition coefficient (Wildman–Crippen LogP) is 2.56. The minimum atomic E-state index is -1.28. The summed E-state index contributed by atoms with van der Waals surface area (Å²) in [5.74, 6) is -0.341. The lowest BCUT2D eigenvalue weighted by Gasteiger charge is -2.19. The SMILES string of the molecule is Cc1cc(NC(=O)C2(O)CCCC2)nn1-c1ccc(F)cc1. The van der Waals surface area contributed by atoms with Gasteiger partial charge in [-0.2, -0.15) is 0 Å².